The van der Waals surface area contributed by atoms with E-state index in [0.717, 1.165) is 0 Å². The molecule has 3 aromatic rings. The van der Waals surface area contributed by atoms with E-state index >= 15 is 0 Å². The number of ether oxygens (including phenoxy) is 1. The SMILES string of the molecule is CCOC(=O)c1ccc(N=c2oc3cc(O)ccc3cc2C(N)=O)cc1. The Hall–Kier alpha value is -3.61. The fraction of sp³-hybridized carbons (Fsp3) is 0.105. The number of phenols is 1. The first-order valence-corrected chi connectivity index (χ1v) is 7.86. The van der Waals surface area contributed by atoms with Crippen molar-refractivity contribution < 1.29 is 23.8 Å². The van der Waals surface area contributed by atoms with Crippen LogP contribution in [0.25, 0.3) is 11.0 Å². The van der Waals surface area contributed by atoms with E-state index in [1.54, 1.807) is 43.3 Å². The summed E-state index contributed by atoms with van der Waals surface area (Å²) in [6.45, 7) is 2.02. The average Bonchev–Trinajstić information content (AvgIpc) is 2.61. The second-order valence-electron chi connectivity index (χ2n) is 5.43. The van der Waals surface area contributed by atoms with Crippen molar-refractivity contribution in [1.82, 2.24) is 0 Å². The van der Waals surface area contributed by atoms with Crippen molar-refractivity contribution in [2.75, 3.05) is 6.61 Å². The third-order valence-electron chi connectivity index (χ3n) is 3.61. The minimum absolute atomic E-state index is 0.0134. The Morgan fingerprint density at radius 1 is 1.15 bits per heavy atom. The van der Waals surface area contributed by atoms with Crippen LogP contribution in [-0.4, -0.2) is 23.6 Å². The van der Waals surface area contributed by atoms with Gasteiger partial charge in [-0.3, -0.25) is 4.79 Å². The molecule has 1 heterocycles. The number of hydrogen-bond acceptors (Lipinski definition) is 6. The summed E-state index contributed by atoms with van der Waals surface area (Å²) in [4.78, 5) is 27.7. The van der Waals surface area contributed by atoms with Gasteiger partial charge < -0.3 is 20.0 Å². The highest BCUT2D eigenvalue weighted by atomic mass is 16.5. The third kappa shape index (κ3) is 3.56. The van der Waals surface area contributed by atoms with Gasteiger partial charge in [-0.15, -0.1) is 0 Å². The van der Waals surface area contributed by atoms with Crippen LogP contribution >= 0.6 is 0 Å². The highest BCUT2D eigenvalue weighted by Crippen LogP contribution is 2.20. The standard InChI is InChI=1S/C19H16N2O5/c1-2-25-19(24)11-3-6-13(7-4-11)21-18-15(17(20)23)9-12-5-8-14(22)10-16(12)26-18/h3-10,22H,2H2,1H3,(H2,20,23). The predicted molar refractivity (Wildman–Crippen MR) is 94.0 cm³/mol. The molecule has 1 aromatic heterocycles. The molecule has 0 saturated carbocycles. The van der Waals surface area contributed by atoms with Crippen molar-refractivity contribution >= 4 is 28.5 Å². The number of benzene rings is 2. The van der Waals surface area contributed by atoms with Crippen molar-refractivity contribution in [2.24, 2.45) is 10.7 Å². The van der Waals surface area contributed by atoms with Crippen molar-refractivity contribution in [3.05, 3.63) is 65.2 Å². The molecule has 0 fully saturated rings. The monoisotopic (exact) mass is 352 g/mol. The number of hydrogen-bond donors (Lipinski definition) is 2. The van der Waals surface area contributed by atoms with Crippen LogP contribution in [0.3, 0.4) is 0 Å². The topological polar surface area (TPSA) is 115 Å². The number of nitrogens with zero attached hydrogens (tertiary/aromatic N) is 1. The van der Waals surface area contributed by atoms with E-state index in [2.05, 4.69) is 4.99 Å². The number of carbonyl (C=O) groups excluding carboxylic acids is 2. The lowest BCUT2D eigenvalue weighted by molar-refractivity contribution is 0.0526. The highest BCUT2D eigenvalue weighted by molar-refractivity contribution is 5.95. The number of rotatable bonds is 4. The van der Waals surface area contributed by atoms with E-state index in [1.807, 2.05) is 0 Å². The summed E-state index contributed by atoms with van der Waals surface area (Å²) in [6.07, 6.45) is 0. The Morgan fingerprint density at radius 2 is 1.88 bits per heavy atom. The third-order valence-corrected chi connectivity index (χ3v) is 3.61. The van der Waals surface area contributed by atoms with Crippen LogP contribution in [0.1, 0.15) is 27.6 Å². The number of aromatic hydroxyl groups is 1. The lowest BCUT2D eigenvalue weighted by Crippen LogP contribution is -2.21. The lowest BCUT2D eigenvalue weighted by Gasteiger charge is -2.03. The van der Waals surface area contributed by atoms with Gasteiger partial charge in [0.25, 0.3) is 5.91 Å². The van der Waals surface area contributed by atoms with Crippen LogP contribution in [-0.2, 0) is 4.74 Å². The number of fused-ring (bicyclic) bond motifs is 1. The Morgan fingerprint density at radius 3 is 2.54 bits per heavy atom. The summed E-state index contributed by atoms with van der Waals surface area (Å²) < 4.78 is 10.6. The summed E-state index contributed by atoms with van der Waals surface area (Å²) in [5.41, 5.74) is 6.75. The summed E-state index contributed by atoms with van der Waals surface area (Å²) in [6, 6.07) is 12.4. The minimum atomic E-state index is -0.689. The van der Waals surface area contributed by atoms with E-state index in [4.69, 9.17) is 14.9 Å². The molecular weight excluding hydrogens is 336 g/mol. The maximum atomic E-state index is 11.7. The predicted octanol–water partition coefficient (Wildman–Crippen LogP) is 2.65. The normalized spacial score (nSPS) is 11.5. The molecule has 0 aliphatic carbocycles. The summed E-state index contributed by atoms with van der Waals surface area (Å²) in [5.74, 6) is -1.09. The van der Waals surface area contributed by atoms with Gasteiger partial charge in [-0.1, -0.05) is 0 Å². The van der Waals surface area contributed by atoms with Crippen LogP contribution in [0.4, 0.5) is 5.69 Å². The zero-order valence-electron chi connectivity index (χ0n) is 13.9. The molecule has 132 valence electrons. The van der Waals surface area contributed by atoms with Gasteiger partial charge in [-0.05, 0) is 49.4 Å². The van der Waals surface area contributed by atoms with Crippen molar-refractivity contribution in [3.8, 4) is 5.75 Å². The molecule has 2 aromatic carbocycles. The van der Waals surface area contributed by atoms with Crippen LogP contribution in [0.2, 0.25) is 0 Å². The molecule has 0 spiro atoms. The number of phenolic OH excluding ortho intramolecular Hbond substituents is 1. The fourth-order valence-electron chi connectivity index (χ4n) is 2.37. The molecule has 7 nitrogen and oxygen atoms in total. The van der Waals surface area contributed by atoms with E-state index in [-0.39, 0.29) is 23.5 Å². The van der Waals surface area contributed by atoms with Crippen LogP contribution in [0.5, 0.6) is 5.75 Å². The molecule has 0 saturated heterocycles. The molecule has 0 aliphatic heterocycles. The Balaban J connectivity index is 2.09. The molecular formula is C19H16N2O5. The van der Waals surface area contributed by atoms with Crippen molar-refractivity contribution in [3.63, 3.8) is 0 Å². The molecule has 0 aliphatic rings. The number of carbonyl (C=O) groups is 2. The molecule has 0 atom stereocenters. The Labute approximate surface area is 148 Å². The Bertz CT molecular complexity index is 1050. The first-order chi connectivity index (χ1) is 12.5. The summed E-state index contributed by atoms with van der Waals surface area (Å²) >= 11 is 0. The first-order valence-electron chi connectivity index (χ1n) is 7.86. The molecule has 0 radical (unpaired) electrons. The smallest absolute Gasteiger partial charge is 0.338 e. The van der Waals surface area contributed by atoms with Crippen LogP contribution in [0, 0.1) is 0 Å². The molecule has 3 rings (SSSR count). The number of amides is 1. The van der Waals surface area contributed by atoms with E-state index in [9.17, 15) is 14.7 Å². The number of nitrogens with two attached hydrogens (primary N) is 1. The van der Waals surface area contributed by atoms with Gasteiger partial charge in [-0.2, -0.15) is 0 Å². The van der Waals surface area contributed by atoms with E-state index in [0.29, 0.717) is 22.2 Å². The minimum Gasteiger partial charge on any atom is -0.508 e. The number of esters is 1. The second-order valence-corrected chi connectivity index (χ2v) is 5.43. The quantitative estimate of drug-likeness (QED) is 0.700. The van der Waals surface area contributed by atoms with Gasteiger partial charge in [-0.25, -0.2) is 9.79 Å². The second kappa shape index (κ2) is 7.10. The van der Waals surface area contributed by atoms with E-state index in [1.165, 1.54) is 12.1 Å². The fourth-order valence-corrected chi connectivity index (χ4v) is 2.37. The zero-order chi connectivity index (χ0) is 18.7. The van der Waals surface area contributed by atoms with Crippen LogP contribution in [0.15, 0.2) is 57.9 Å². The van der Waals surface area contributed by atoms with Crippen molar-refractivity contribution in [1.29, 1.82) is 0 Å². The van der Waals surface area contributed by atoms with E-state index < -0.39 is 11.9 Å². The van der Waals surface area contributed by atoms with Gasteiger partial charge in [0.1, 0.15) is 16.9 Å². The van der Waals surface area contributed by atoms with Gasteiger partial charge >= 0.3 is 5.97 Å². The van der Waals surface area contributed by atoms with Gasteiger partial charge in [0.2, 0.25) is 5.55 Å². The summed E-state index contributed by atoms with van der Waals surface area (Å²) in [7, 11) is 0. The molecule has 0 bridgehead atoms. The summed E-state index contributed by atoms with van der Waals surface area (Å²) in [5, 5.41) is 10.2. The van der Waals surface area contributed by atoms with Gasteiger partial charge in [0.15, 0.2) is 0 Å². The van der Waals surface area contributed by atoms with Crippen LogP contribution < -0.4 is 11.3 Å². The maximum Gasteiger partial charge on any atom is 0.338 e. The highest BCUT2D eigenvalue weighted by Gasteiger charge is 2.10. The van der Waals surface area contributed by atoms with Gasteiger partial charge in [0, 0.05) is 11.5 Å². The average molecular weight is 352 g/mol. The molecule has 3 N–H and O–H groups in total. The van der Waals surface area contributed by atoms with Gasteiger partial charge in [0.05, 0.1) is 17.9 Å². The Kier molecular flexibility index (Phi) is 4.70. The largest absolute Gasteiger partial charge is 0.508 e. The zero-order valence-corrected chi connectivity index (χ0v) is 13.9. The maximum absolute atomic E-state index is 11.7. The molecule has 0 unspecified atom stereocenters. The first kappa shape index (κ1) is 17.2. The lowest BCUT2D eigenvalue weighted by atomic mass is 10.1. The number of primary amides is 1. The molecule has 26 heavy (non-hydrogen) atoms. The van der Waals surface area contributed by atoms with Crippen molar-refractivity contribution in [2.45, 2.75) is 6.92 Å². The molecule has 7 heteroatoms. The molecule has 1 amide bonds.